The van der Waals surface area contributed by atoms with Crippen molar-refractivity contribution in [2.75, 3.05) is 13.2 Å². The van der Waals surface area contributed by atoms with Crippen molar-refractivity contribution in [1.29, 1.82) is 0 Å². The molecule has 0 heterocycles. The lowest BCUT2D eigenvalue weighted by atomic mass is 10.1. The van der Waals surface area contributed by atoms with Gasteiger partial charge in [0.15, 0.2) is 0 Å². The van der Waals surface area contributed by atoms with Crippen LogP contribution in [0.3, 0.4) is 0 Å². The van der Waals surface area contributed by atoms with Gasteiger partial charge in [-0.3, -0.25) is 0 Å². The predicted octanol–water partition coefficient (Wildman–Crippen LogP) is 1.79. The summed E-state index contributed by atoms with van der Waals surface area (Å²) in [6.45, 7) is 11.1. The molecule has 0 aliphatic rings. The molecular weight excluding hydrogens is 280 g/mol. The van der Waals surface area contributed by atoms with Crippen LogP contribution < -0.4 is 0 Å². The number of carbonyl (C=O) groups excluding carboxylic acids is 1. The van der Waals surface area contributed by atoms with Crippen LogP contribution in [0.2, 0.25) is 0 Å². The third-order valence-electron chi connectivity index (χ3n) is 2.52. The van der Waals surface area contributed by atoms with Crippen LogP contribution >= 0.6 is 0 Å². The number of rotatable bonds is 11. The van der Waals surface area contributed by atoms with Gasteiger partial charge < -0.3 is 22.8 Å². The zero-order valence-electron chi connectivity index (χ0n) is 12.8. The Morgan fingerprint density at radius 2 is 1.85 bits per heavy atom. The fourth-order valence-corrected chi connectivity index (χ4v) is 3.23. The summed E-state index contributed by atoms with van der Waals surface area (Å²) in [7, 11) is -3.68. The fraction of sp³-hybridized carbons (Fsp3) is 0.769. The third-order valence-corrected chi connectivity index (χ3v) is 4.50. The van der Waals surface area contributed by atoms with Gasteiger partial charge in [0, 0.05) is 19.3 Å². The molecule has 0 bridgehead atoms. The first-order chi connectivity index (χ1) is 9.42. The number of ether oxygens (including phenoxy) is 1. The maximum Gasteiger partial charge on any atom is 0.677 e. The maximum atomic E-state index is 11.3. The summed E-state index contributed by atoms with van der Waals surface area (Å²) < 4.78 is 21.1. The van der Waals surface area contributed by atoms with Gasteiger partial charge >= 0.3 is 15.0 Å². The molecule has 0 radical (unpaired) electrons. The Balaban J connectivity index is 4.72. The van der Waals surface area contributed by atoms with Crippen LogP contribution in [-0.2, 0) is 22.8 Å². The summed E-state index contributed by atoms with van der Waals surface area (Å²) in [6, 6.07) is 0. The molecule has 2 unspecified atom stereocenters. The summed E-state index contributed by atoms with van der Waals surface area (Å²) in [5, 5.41) is 0. The molecule has 6 nitrogen and oxygen atoms in total. The molecule has 0 aliphatic carbocycles. The lowest BCUT2D eigenvalue weighted by Gasteiger charge is -2.29. The third kappa shape index (κ3) is 7.16. The van der Waals surface area contributed by atoms with Crippen molar-refractivity contribution in [2.45, 2.75) is 52.7 Å². The van der Waals surface area contributed by atoms with Crippen LogP contribution in [0.15, 0.2) is 12.7 Å². The van der Waals surface area contributed by atoms with Gasteiger partial charge in [-0.15, -0.1) is 0 Å². The summed E-state index contributed by atoms with van der Waals surface area (Å²) in [5.74, 6) is -0.517. The summed E-state index contributed by atoms with van der Waals surface area (Å²) >= 11 is 0. The fourth-order valence-electron chi connectivity index (χ4n) is 1.66. The van der Waals surface area contributed by atoms with Gasteiger partial charge in [0.2, 0.25) is 0 Å². The van der Waals surface area contributed by atoms with Gasteiger partial charge in [0.25, 0.3) is 0 Å². The summed E-state index contributed by atoms with van der Waals surface area (Å²) in [6.07, 6.45) is 1.51. The van der Waals surface area contributed by atoms with Gasteiger partial charge in [-0.25, -0.2) is 4.79 Å². The Hall–Kier alpha value is -0.733. The number of hydrogen-bond acceptors (Lipinski definition) is 6. The highest BCUT2D eigenvalue weighted by Gasteiger charge is 2.44. The molecule has 0 saturated heterocycles. The molecule has 2 atom stereocenters. The van der Waals surface area contributed by atoms with E-state index in [1.807, 2.05) is 6.92 Å². The minimum atomic E-state index is -3.68. The second kappa shape index (κ2) is 10.1. The molecule has 0 aliphatic heterocycles. The monoisotopic (exact) mass is 306 g/mol. The van der Waals surface area contributed by atoms with Crippen molar-refractivity contribution < 1.29 is 27.6 Å². The second-order valence-corrected chi connectivity index (χ2v) is 6.04. The second-order valence-electron chi connectivity index (χ2n) is 4.18. The van der Waals surface area contributed by atoms with Crippen LogP contribution in [0.4, 0.5) is 0 Å². The van der Waals surface area contributed by atoms with Crippen molar-refractivity contribution in [3.8, 4) is 0 Å². The van der Waals surface area contributed by atoms with Crippen LogP contribution in [0, 0.1) is 0 Å². The molecule has 0 spiro atoms. The molecule has 0 aromatic rings. The van der Waals surface area contributed by atoms with Crippen LogP contribution in [-0.4, -0.2) is 45.2 Å². The molecule has 7 heteroatoms. The molecule has 1 N–H and O–H groups in total. The lowest BCUT2D eigenvalue weighted by molar-refractivity contribution is -0.151. The van der Waals surface area contributed by atoms with Gasteiger partial charge in [-0.05, 0) is 27.2 Å². The van der Waals surface area contributed by atoms with E-state index >= 15 is 0 Å². The number of esters is 1. The van der Waals surface area contributed by atoms with E-state index in [0.717, 1.165) is 12.5 Å². The van der Waals surface area contributed by atoms with Crippen molar-refractivity contribution >= 4 is 15.0 Å². The van der Waals surface area contributed by atoms with Crippen molar-refractivity contribution in [1.82, 2.24) is 0 Å². The zero-order valence-corrected chi connectivity index (χ0v) is 13.8. The predicted molar refractivity (Wildman–Crippen MR) is 76.8 cm³/mol. The van der Waals surface area contributed by atoms with Crippen molar-refractivity contribution in [2.24, 2.45) is 0 Å². The summed E-state index contributed by atoms with van der Waals surface area (Å²) in [4.78, 5) is 21.5. The van der Waals surface area contributed by atoms with Crippen LogP contribution in [0.25, 0.3) is 0 Å². The summed E-state index contributed by atoms with van der Waals surface area (Å²) in [5.41, 5.74) is 0. The van der Waals surface area contributed by atoms with E-state index in [0.29, 0.717) is 6.42 Å². The van der Waals surface area contributed by atoms with E-state index in [1.165, 1.54) is 0 Å². The molecule has 0 aromatic heterocycles. The van der Waals surface area contributed by atoms with Gasteiger partial charge in [0.05, 0.1) is 6.10 Å². The Morgan fingerprint density at radius 1 is 1.30 bits per heavy atom. The molecule has 0 rings (SSSR count). The minimum Gasteiger partial charge on any atom is -0.457 e. The van der Waals surface area contributed by atoms with E-state index in [1.54, 1.807) is 20.8 Å². The number of carbonyl (C=O) groups is 1. The highest BCUT2D eigenvalue weighted by molar-refractivity contribution is 6.52. The topological polar surface area (TPSA) is 74.2 Å². The van der Waals surface area contributed by atoms with Crippen LogP contribution in [0.5, 0.6) is 0 Å². The Morgan fingerprint density at radius 3 is 2.25 bits per heavy atom. The van der Waals surface area contributed by atoms with Crippen molar-refractivity contribution in [3.63, 3.8) is 0 Å². The maximum absolute atomic E-state index is 11.3. The number of hydrogen-bond donors (Lipinski definition) is 1. The van der Waals surface area contributed by atoms with E-state index < -0.39 is 27.2 Å². The van der Waals surface area contributed by atoms with E-state index in [-0.39, 0.29) is 13.2 Å². The quantitative estimate of drug-likeness (QED) is 0.356. The van der Waals surface area contributed by atoms with Gasteiger partial charge in [-0.1, -0.05) is 19.9 Å². The molecule has 20 heavy (non-hydrogen) atoms. The SMILES string of the molecule is C=CC(=O)OC(CCC)C(C)O[Si](O)(OCC)OCC. The van der Waals surface area contributed by atoms with Crippen LogP contribution in [0.1, 0.15) is 40.5 Å². The van der Waals surface area contributed by atoms with Gasteiger partial charge in [-0.2, -0.15) is 0 Å². The highest BCUT2D eigenvalue weighted by atomic mass is 28.4. The standard InChI is InChI=1S/C13H26O6Si/c1-6-10-12(18-13(14)7-2)11(5)19-20(15,16-8-3)17-9-4/h7,11-12,15H,2,6,8-10H2,1,3-5H3. The Bertz CT molecular complexity index is 291. The highest BCUT2D eigenvalue weighted by Crippen LogP contribution is 2.17. The first kappa shape index (κ1) is 19.3. The Kier molecular flexibility index (Phi) is 9.69. The van der Waals surface area contributed by atoms with E-state index in [2.05, 4.69) is 6.58 Å². The normalized spacial score (nSPS) is 14.7. The molecule has 0 amide bonds. The molecule has 0 fully saturated rings. The lowest BCUT2D eigenvalue weighted by Crippen LogP contribution is -2.51. The average molecular weight is 306 g/mol. The van der Waals surface area contributed by atoms with Crippen molar-refractivity contribution in [3.05, 3.63) is 12.7 Å². The minimum absolute atomic E-state index is 0.278. The Labute approximate surface area is 122 Å². The van der Waals surface area contributed by atoms with Gasteiger partial charge in [0.1, 0.15) is 6.10 Å². The molecule has 0 saturated carbocycles. The first-order valence-electron chi connectivity index (χ1n) is 6.93. The average Bonchev–Trinajstić information content (AvgIpc) is 2.38. The molecule has 118 valence electrons. The largest absolute Gasteiger partial charge is 0.677 e. The zero-order chi connectivity index (χ0) is 15.6. The van der Waals surface area contributed by atoms with E-state index in [9.17, 15) is 9.59 Å². The molecule has 0 aromatic carbocycles. The first-order valence-corrected chi connectivity index (χ1v) is 8.60. The smallest absolute Gasteiger partial charge is 0.457 e. The molecular formula is C13H26O6Si. The van der Waals surface area contributed by atoms with E-state index in [4.69, 9.17) is 18.0 Å².